The molecule has 1 atom stereocenters. The fourth-order valence-corrected chi connectivity index (χ4v) is 3.91. The van der Waals surface area contributed by atoms with Crippen LogP contribution in [0.15, 0.2) is 48.5 Å². The van der Waals surface area contributed by atoms with Gasteiger partial charge in [-0.1, -0.05) is 48.9 Å². The minimum absolute atomic E-state index is 0.349. The predicted octanol–water partition coefficient (Wildman–Crippen LogP) is 4.35. The van der Waals surface area contributed by atoms with Crippen LogP contribution in [-0.4, -0.2) is 17.9 Å². The van der Waals surface area contributed by atoms with Gasteiger partial charge in [0.05, 0.1) is 5.02 Å². The number of benzene rings is 2. The molecule has 0 fully saturated rings. The maximum absolute atomic E-state index is 12.4. The Morgan fingerprint density at radius 3 is 2.48 bits per heavy atom. The van der Waals surface area contributed by atoms with Crippen molar-refractivity contribution in [2.75, 3.05) is 0 Å². The Hall–Kier alpha value is -2.57. The lowest BCUT2D eigenvalue weighted by molar-refractivity contribution is -0.128. The van der Waals surface area contributed by atoms with Crippen molar-refractivity contribution in [2.45, 2.75) is 26.4 Å². The highest BCUT2D eigenvalue weighted by atomic mass is 35.5. The third kappa shape index (κ3) is 4.40. The summed E-state index contributed by atoms with van der Waals surface area (Å²) in [5.74, 6) is -0.331. The number of nitrogens with one attached hydrogen (secondary N) is 2. The van der Waals surface area contributed by atoms with E-state index in [-0.39, 0.29) is 0 Å². The molecule has 2 amide bonds. The van der Waals surface area contributed by atoms with Gasteiger partial charge in [0.1, 0.15) is 10.6 Å². The Morgan fingerprint density at radius 2 is 1.81 bits per heavy atom. The van der Waals surface area contributed by atoms with E-state index < -0.39 is 17.9 Å². The van der Waals surface area contributed by atoms with Gasteiger partial charge in [0.25, 0.3) is 11.8 Å². The van der Waals surface area contributed by atoms with Crippen molar-refractivity contribution in [2.24, 2.45) is 0 Å². The average molecular weight is 403 g/mol. The Kier molecular flexibility index (Phi) is 5.98. The molecule has 0 bridgehead atoms. The van der Waals surface area contributed by atoms with Gasteiger partial charge in [0.2, 0.25) is 0 Å². The molecule has 7 heteroatoms. The quantitative estimate of drug-likeness (QED) is 0.623. The molecule has 0 saturated heterocycles. The minimum Gasteiger partial charge on any atom is -0.481 e. The molecular weight excluding hydrogens is 384 g/mol. The highest BCUT2D eigenvalue weighted by Crippen LogP contribution is 2.34. The van der Waals surface area contributed by atoms with E-state index in [1.165, 1.54) is 16.9 Å². The minimum atomic E-state index is -0.768. The van der Waals surface area contributed by atoms with Crippen LogP contribution >= 0.6 is 22.9 Å². The zero-order chi connectivity index (χ0) is 19.4. The number of hydrogen-bond acceptors (Lipinski definition) is 4. The predicted molar refractivity (Wildman–Crippen MR) is 108 cm³/mol. The molecule has 1 aromatic heterocycles. The number of hydrazine groups is 1. The summed E-state index contributed by atoms with van der Waals surface area (Å²) in [6, 6.07) is 15.0. The standard InChI is InChI=1S/C20H19ClN2O3S/c1-3-13-8-10-14(11-9-13)26-12(2)19(24)22-23-20(25)18-17(21)15-6-4-5-7-16(15)27-18/h4-12H,3H2,1-2H3,(H,22,24)(H,23,25). The van der Waals surface area contributed by atoms with Crippen LogP contribution in [0.3, 0.4) is 0 Å². The van der Waals surface area contributed by atoms with E-state index in [1.807, 2.05) is 48.5 Å². The van der Waals surface area contributed by atoms with Crippen molar-refractivity contribution in [3.63, 3.8) is 0 Å². The Labute approximate surface area is 166 Å². The molecule has 5 nitrogen and oxygen atoms in total. The highest BCUT2D eigenvalue weighted by molar-refractivity contribution is 7.21. The van der Waals surface area contributed by atoms with Crippen molar-refractivity contribution in [3.05, 3.63) is 64.0 Å². The van der Waals surface area contributed by atoms with Gasteiger partial charge in [-0.3, -0.25) is 20.4 Å². The summed E-state index contributed by atoms with van der Waals surface area (Å²) in [7, 11) is 0. The third-order valence-electron chi connectivity index (χ3n) is 4.05. The second-order valence-corrected chi connectivity index (χ2v) is 7.37. The van der Waals surface area contributed by atoms with Crippen LogP contribution in [-0.2, 0) is 11.2 Å². The van der Waals surface area contributed by atoms with E-state index in [4.69, 9.17) is 16.3 Å². The molecule has 0 radical (unpaired) electrons. The molecule has 0 aliphatic rings. The number of amides is 2. The second-order valence-electron chi connectivity index (χ2n) is 5.94. The maximum atomic E-state index is 12.4. The molecular formula is C20H19ClN2O3S. The van der Waals surface area contributed by atoms with Crippen molar-refractivity contribution < 1.29 is 14.3 Å². The van der Waals surface area contributed by atoms with Crippen LogP contribution in [0.4, 0.5) is 0 Å². The number of fused-ring (bicyclic) bond motifs is 1. The third-order valence-corrected chi connectivity index (χ3v) is 5.73. The molecule has 140 valence electrons. The number of halogens is 1. The Bertz CT molecular complexity index is 969. The average Bonchev–Trinajstić information content (AvgIpc) is 3.03. The van der Waals surface area contributed by atoms with E-state index in [0.717, 1.165) is 16.5 Å². The van der Waals surface area contributed by atoms with E-state index >= 15 is 0 Å². The fourth-order valence-electron chi connectivity index (χ4n) is 2.50. The molecule has 0 aliphatic heterocycles. The number of aryl methyl sites for hydroxylation is 1. The largest absolute Gasteiger partial charge is 0.481 e. The molecule has 1 heterocycles. The molecule has 0 spiro atoms. The van der Waals surface area contributed by atoms with Gasteiger partial charge in [0, 0.05) is 10.1 Å². The van der Waals surface area contributed by atoms with Crippen LogP contribution < -0.4 is 15.6 Å². The normalized spacial score (nSPS) is 11.8. The first-order chi connectivity index (χ1) is 13.0. The number of rotatable bonds is 5. The fraction of sp³-hybridized carbons (Fsp3) is 0.200. The first-order valence-corrected chi connectivity index (χ1v) is 9.72. The highest BCUT2D eigenvalue weighted by Gasteiger charge is 2.19. The van der Waals surface area contributed by atoms with Crippen molar-refractivity contribution >= 4 is 44.8 Å². The number of carbonyl (C=O) groups is 2. The van der Waals surface area contributed by atoms with Gasteiger partial charge in [-0.25, -0.2) is 0 Å². The molecule has 3 aromatic rings. The smallest absolute Gasteiger partial charge is 0.281 e. The summed E-state index contributed by atoms with van der Waals surface area (Å²) < 4.78 is 6.51. The number of ether oxygens (including phenoxy) is 1. The summed E-state index contributed by atoms with van der Waals surface area (Å²) in [6.07, 6.45) is 0.165. The van der Waals surface area contributed by atoms with Crippen molar-refractivity contribution in [3.8, 4) is 5.75 Å². The van der Waals surface area contributed by atoms with Crippen LogP contribution in [0, 0.1) is 0 Å². The van der Waals surface area contributed by atoms with Gasteiger partial charge in [0.15, 0.2) is 6.10 Å². The Morgan fingerprint density at radius 1 is 1.11 bits per heavy atom. The van der Waals surface area contributed by atoms with E-state index in [1.54, 1.807) is 6.92 Å². The Balaban J connectivity index is 1.58. The first-order valence-electron chi connectivity index (χ1n) is 8.52. The van der Waals surface area contributed by atoms with Crippen molar-refractivity contribution in [1.29, 1.82) is 0 Å². The summed E-state index contributed by atoms with van der Waals surface area (Å²) in [5, 5.41) is 1.19. The number of carbonyl (C=O) groups excluding carboxylic acids is 2. The first kappa shape index (κ1) is 19.2. The SMILES string of the molecule is CCc1ccc(OC(C)C(=O)NNC(=O)c2sc3ccccc3c2Cl)cc1. The number of hydrogen-bond donors (Lipinski definition) is 2. The summed E-state index contributed by atoms with van der Waals surface area (Å²) in [4.78, 5) is 24.9. The van der Waals surface area contributed by atoms with E-state index in [0.29, 0.717) is 15.6 Å². The zero-order valence-electron chi connectivity index (χ0n) is 14.9. The zero-order valence-corrected chi connectivity index (χ0v) is 16.5. The molecule has 0 saturated carbocycles. The lowest BCUT2D eigenvalue weighted by Gasteiger charge is -2.15. The molecule has 2 aromatic carbocycles. The van der Waals surface area contributed by atoms with Crippen LogP contribution in [0.2, 0.25) is 5.02 Å². The van der Waals surface area contributed by atoms with Crippen LogP contribution in [0.1, 0.15) is 29.1 Å². The molecule has 0 aliphatic carbocycles. The monoisotopic (exact) mass is 402 g/mol. The lowest BCUT2D eigenvalue weighted by Crippen LogP contribution is -2.47. The number of thiophene rings is 1. The van der Waals surface area contributed by atoms with Crippen LogP contribution in [0.5, 0.6) is 5.75 Å². The summed E-state index contributed by atoms with van der Waals surface area (Å²) >= 11 is 7.55. The summed E-state index contributed by atoms with van der Waals surface area (Å²) in [6.45, 7) is 3.68. The van der Waals surface area contributed by atoms with Gasteiger partial charge in [-0.15, -0.1) is 11.3 Å². The van der Waals surface area contributed by atoms with Crippen molar-refractivity contribution in [1.82, 2.24) is 10.9 Å². The van der Waals surface area contributed by atoms with E-state index in [9.17, 15) is 9.59 Å². The summed E-state index contributed by atoms with van der Waals surface area (Å²) in [5.41, 5.74) is 5.96. The van der Waals surface area contributed by atoms with Gasteiger partial charge in [-0.2, -0.15) is 0 Å². The van der Waals surface area contributed by atoms with Gasteiger partial charge >= 0.3 is 0 Å². The van der Waals surface area contributed by atoms with Crippen LogP contribution in [0.25, 0.3) is 10.1 Å². The topological polar surface area (TPSA) is 67.4 Å². The molecule has 3 rings (SSSR count). The lowest BCUT2D eigenvalue weighted by atomic mass is 10.2. The van der Waals surface area contributed by atoms with Gasteiger partial charge < -0.3 is 4.74 Å². The maximum Gasteiger partial charge on any atom is 0.281 e. The van der Waals surface area contributed by atoms with Gasteiger partial charge in [-0.05, 0) is 37.1 Å². The second kappa shape index (κ2) is 8.41. The molecule has 2 N–H and O–H groups in total. The molecule has 1 unspecified atom stereocenters. The van der Waals surface area contributed by atoms with E-state index in [2.05, 4.69) is 17.8 Å². The molecule has 27 heavy (non-hydrogen) atoms.